The van der Waals surface area contributed by atoms with E-state index in [1.165, 1.54) is 11.1 Å². The molecule has 5 heteroatoms. The third-order valence-electron chi connectivity index (χ3n) is 5.53. The lowest BCUT2D eigenvalue weighted by Crippen LogP contribution is -2.33. The fourth-order valence-corrected chi connectivity index (χ4v) is 4.20. The van der Waals surface area contributed by atoms with Crippen molar-refractivity contribution in [2.24, 2.45) is 13.0 Å². The summed E-state index contributed by atoms with van der Waals surface area (Å²) >= 11 is 0. The van der Waals surface area contributed by atoms with Crippen LogP contribution in [0.3, 0.4) is 0 Å². The van der Waals surface area contributed by atoms with E-state index < -0.39 is 0 Å². The molecule has 0 bridgehead atoms. The Kier molecular flexibility index (Phi) is 4.76. The first-order valence-electron chi connectivity index (χ1n) is 9.61. The fourth-order valence-electron chi connectivity index (χ4n) is 4.20. The van der Waals surface area contributed by atoms with Crippen LogP contribution in [-0.2, 0) is 24.8 Å². The van der Waals surface area contributed by atoms with Gasteiger partial charge in [-0.1, -0.05) is 12.1 Å². The van der Waals surface area contributed by atoms with Crippen molar-refractivity contribution in [2.45, 2.75) is 51.3 Å². The maximum absolute atomic E-state index is 6.00. The summed E-state index contributed by atoms with van der Waals surface area (Å²) in [5.41, 5.74) is 2.52. The van der Waals surface area contributed by atoms with Crippen molar-refractivity contribution in [3.05, 3.63) is 47.5 Å². The standard InChI is InChI=1S/C21H29N3O2/c1-21(2)13-17-12-15(4-5-18(17)26-21)14-23-19(16-6-10-25-11-7-16)20-22-8-9-24(20)3/h4-5,8-9,12,16,19,23H,6-7,10-11,13-14H2,1-3H3/t19-/m1/s1. The zero-order valence-electron chi connectivity index (χ0n) is 16.0. The molecule has 0 aliphatic carbocycles. The Balaban J connectivity index is 1.49. The van der Waals surface area contributed by atoms with Gasteiger partial charge in [-0.25, -0.2) is 4.98 Å². The zero-order valence-corrected chi connectivity index (χ0v) is 16.0. The zero-order chi connectivity index (χ0) is 18.1. The number of rotatable bonds is 5. The van der Waals surface area contributed by atoms with E-state index in [1.807, 2.05) is 12.4 Å². The van der Waals surface area contributed by atoms with Gasteiger partial charge in [0.05, 0.1) is 6.04 Å². The van der Waals surface area contributed by atoms with Crippen LogP contribution in [-0.4, -0.2) is 28.4 Å². The normalized spacial score (nSPS) is 20.6. The largest absolute Gasteiger partial charge is 0.487 e. The number of fused-ring (bicyclic) bond motifs is 1. The van der Waals surface area contributed by atoms with Crippen LogP contribution >= 0.6 is 0 Å². The second kappa shape index (κ2) is 7.05. The molecule has 4 rings (SSSR count). The average Bonchev–Trinajstić information content (AvgIpc) is 3.17. The number of hydrogen-bond donors (Lipinski definition) is 1. The number of ether oxygens (including phenoxy) is 2. The van der Waals surface area contributed by atoms with Crippen molar-refractivity contribution in [1.82, 2.24) is 14.9 Å². The van der Waals surface area contributed by atoms with Crippen molar-refractivity contribution in [3.63, 3.8) is 0 Å². The molecule has 26 heavy (non-hydrogen) atoms. The molecular formula is C21H29N3O2. The van der Waals surface area contributed by atoms with Crippen LogP contribution in [0.15, 0.2) is 30.6 Å². The molecule has 0 unspecified atom stereocenters. The molecular weight excluding hydrogens is 326 g/mol. The van der Waals surface area contributed by atoms with Gasteiger partial charge in [-0.05, 0) is 49.8 Å². The highest BCUT2D eigenvalue weighted by Gasteiger charge is 2.31. The minimum absolute atomic E-state index is 0.0913. The van der Waals surface area contributed by atoms with Gasteiger partial charge in [-0.15, -0.1) is 0 Å². The van der Waals surface area contributed by atoms with Gasteiger partial charge in [0.1, 0.15) is 17.2 Å². The van der Waals surface area contributed by atoms with Crippen molar-refractivity contribution >= 4 is 0 Å². The maximum atomic E-state index is 6.00. The van der Waals surface area contributed by atoms with Crippen LogP contribution in [0.5, 0.6) is 5.75 Å². The molecule has 0 saturated carbocycles. The molecule has 1 aromatic heterocycles. The van der Waals surface area contributed by atoms with E-state index in [2.05, 4.69) is 54.0 Å². The quantitative estimate of drug-likeness (QED) is 0.893. The topological polar surface area (TPSA) is 48.3 Å². The maximum Gasteiger partial charge on any atom is 0.125 e. The van der Waals surface area contributed by atoms with Crippen LogP contribution in [0.2, 0.25) is 0 Å². The fraction of sp³-hybridized carbons (Fsp3) is 0.571. The Hall–Kier alpha value is -1.85. The smallest absolute Gasteiger partial charge is 0.125 e. The van der Waals surface area contributed by atoms with Crippen LogP contribution in [0, 0.1) is 5.92 Å². The van der Waals surface area contributed by atoms with E-state index in [-0.39, 0.29) is 11.6 Å². The summed E-state index contributed by atoms with van der Waals surface area (Å²) in [6, 6.07) is 6.83. The van der Waals surface area contributed by atoms with Crippen LogP contribution in [0.1, 0.15) is 49.7 Å². The minimum atomic E-state index is -0.0913. The average molecular weight is 355 g/mol. The van der Waals surface area contributed by atoms with E-state index >= 15 is 0 Å². The first-order chi connectivity index (χ1) is 12.5. The Morgan fingerprint density at radius 2 is 2.12 bits per heavy atom. The third kappa shape index (κ3) is 3.64. The summed E-state index contributed by atoms with van der Waals surface area (Å²) < 4.78 is 13.7. The summed E-state index contributed by atoms with van der Waals surface area (Å²) in [4.78, 5) is 4.62. The van der Waals surface area contributed by atoms with E-state index in [4.69, 9.17) is 9.47 Å². The lowest BCUT2D eigenvalue weighted by Gasteiger charge is -2.30. The molecule has 1 fully saturated rings. The van der Waals surface area contributed by atoms with Crippen LogP contribution in [0.25, 0.3) is 0 Å². The van der Waals surface area contributed by atoms with Gasteiger partial charge in [0.15, 0.2) is 0 Å². The lowest BCUT2D eigenvalue weighted by molar-refractivity contribution is 0.0518. The van der Waals surface area contributed by atoms with Crippen molar-refractivity contribution in [2.75, 3.05) is 13.2 Å². The summed E-state index contributed by atoms with van der Waals surface area (Å²) in [5.74, 6) is 2.70. The monoisotopic (exact) mass is 355 g/mol. The van der Waals surface area contributed by atoms with E-state index in [1.54, 1.807) is 0 Å². The number of hydrogen-bond acceptors (Lipinski definition) is 4. The molecule has 0 spiro atoms. The van der Waals surface area contributed by atoms with Gasteiger partial charge in [0.2, 0.25) is 0 Å². The summed E-state index contributed by atoms with van der Waals surface area (Å²) in [6.45, 7) is 6.82. The molecule has 1 N–H and O–H groups in total. The number of nitrogens with one attached hydrogen (secondary N) is 1. The van der Waals surface area contributed by atoms with Gasteiger partial charge in [0.25, 0.3) is 0 Å². The first-order valence-corrected chi connectivity index (χ1v) is 9.61. The van der Waals surface area contributed by atoms with Crippen molar-refractivity contribution in [3.8, 4) is 5.75 Å². The van der Waals surface area contributed by atoms with E-state index in [0.29, 0.717) is 5.92 Å². The second-order valence-electron chi connectivity index (χ2n) is 8.19. The van der Waals surface area contributed by atoms with E-state index in [9.17, 15) is 0 Å². The molecule has 2 aliphatic rings. The van der Waals surface area contributed by atoms with Crippen molar-refractivity contribution in [1.29, 1.82) is 0 Å². The number of aryl methyl sites for hydroxylation is 1. The predicted molar refractivity (Wildman–Crippen MR) is 101 cm³/mol. The van der Waals surface area contributed by atoms with E-state index in [0.717, 1.165) is 50.6 Å². The Morgan fingerprint density at radius 3 is 2.85 bits per heavy atom. The van der Waals surface area contributed by atoms with Gasteiger partial charge >= 0.3 is 0 Å². The Morgan fingerprint density at radius 1 is 1.31 bits per heavy atom. The molecule has 3 heterocycles. The molecule has 1 atom stereocenters. The molecule has 0 amide bonds. The summed E-state index contributed by atoms with van der Waals surface area (Å²) in [6.07, 6.45) is 7.04. The highest BCUT2D eigenvalue weighted by molar-refractivity contribution is 5.41. The van der Waals surface area contributed by atoms with Gasteiger partial charge < -0.3 is 19.4 Å². The molecule has 1 aromatic carbocycles. The van der Waals surface area contributed by atoms with Crippen LogP contribution < -0.4 is 10.1 Å². The molecule has 2 aromatic rings. The Bertz CT molecular complexity index is 762. The number of aromatic nitrogens is 2. The SMILES string of the molecule is Cn1ccnc1[C@H](NCc1ccc2c(c1)CC(C)(C)O2)C1CCOCC1. The molecule has 5 nitrogen and oxygen atoms in total. The molecule has 0 radical (unpaired) electrons. The first kappa shape index (κ1) is 17.6. The molecule has 2 aliphatic heterocycles. The minimum Gasteiger partial charge on any atom is -0.487 e. The lowest BCUT2D eigenvalue weighted by atomic mass is 9.90. The highest BCUT2D eigenvalue weighted by Crippen LogP contribution is 2.35. The van der Waals surface area contributed by atoms with Gasteiger partial charge in [-0.2, -0.15) is 0 Å². The number of benzene rings is 1. The molecule has 1 saturated heterocycles. The Labute approximate surface area is 155 Å². The molecule has 140 valence electrons. The van der Waals surface area contributed by atoms with Gasteiger partial charge in [0, 0.05) is 45.6 Å². The van der Waals surface area contributed by atoms with Gasteiger partial charge in [-0.3, -0.25) is 0 Å². The van der Waals surface area contributed by atoms with Crippen molar-refractivity contribution < 1.29 is 9.47 Å². The number of nitrogens with zero attached hydrogens (tertiary/aromatic N) is 2. The third-order valence-corrected chi connectivity index (χ3v) is 5.53. The summed E-state index contributed by atoms with van der Waals surface area (Å²) in [5, 5.41) is 3.78. The summed E-state index contributed by atoms with van der Waals surface area (Å²) in [7, 11) is 2.07. The highest BCUT2D eigenvalue weighted by atomic mass is 16.5. The predicted octanol–water partition coefficient (Wildman–Crippen LogP) is 3.39. The number of imidazole rings is 1. The van der Waals surface area contributed by atoms with Crippen LogP contribution in [0.4, 0.5) is 0 Å². The second-order valence-corrected chi connectivity index (χ2v) is 8.19.